The molecule has 0 atom stereocenters. The van der Waals surface area contributed by atoms with Crippen molar-refractivity contribution < 1.29 is 9.90 Å². The van der Waals surface area contributed by atoms with Gasteiger partial charge >= 0.3 is 0 Å². The van der Waals surface area contributed by atoms with Gasteiger partial charge in [-0.2, -0.15) is 0 Å². The SMILES string of the molecule is N=C1NC(=O)C(=Cc2cc(Cl)ccc2O)S1. The molecule has 0 bridgehead atoms. The Labute approximate surface area is 101 Å². The van der Waals surface area contributed by atoms with Crippen LogP contribution >= 0.6 is 23.4 Å². The Morgan fingerprint density at radius 3 is 2.88 bits per heavy atom. The lowest BCUT2D eigenvalue weighted by atomic mass is 10.2. The summed E-state index contributed by atoms with van der Waals surface area (Å²) in [6.07, 6.45) is 1.50. The van der Waals surface area contributed by atoms with Crippen molar-refractivity contribution in [3.8, 4) is 5.75 Å². The van der Waals surface area contributed by atoms with E-state index in [1.165, 1.54) is 12.1 Å². The Morgan fingerprint density at radius 2 is 2.25 bits per heavy atom. The number of halogens is 1. The molecular weight excluding hydrogens is 248 g/mol. The van der Waals surface area contributed by atoms with Gasteiger partial charge in [0.1, 0.15) is 5.75 Å². The van der Waals surface area contributed by atoms with Gasteiger partial charge in [0.2, 0.25) is 0 Å². The lowest BCUT2D eigenvalue weighted by Gasteiger charge is -2.00. The second-order valence-corrected chi connectivity index (χ2v) is 4.59. The van der Waals surface area contributed by atoms with Crippen LogP contribution in [-0.4, -0.2) is 16.2 Å². The van der Waals surface area contributed by atoms with Crippen LogP contribution in [0.3, 0.4) is 0 Å². The number of amidine groups is 1. The minimum Gasteiger partial charge on any atom is -0.507 e. The van der Waals surface area contributed by atoms with Gasteiger partial charge in [-0.15, -0.1) is 0 Å². The van der Waals surface area contributed by atoms with Crippen LogP contribution in [0.25, 0.3) is 6.08 Å². The molecule has 16 heavy (non-hydrogen) atoms. The summed E-state index contributed by atoms with van der Waals surface area (Å²) < 4.78 is 0. The van der Waals surface area contributed by atoms with Gasteiger partial charge in [0.25, 0.3) is 5.91 Å². The van der Waals surface area contributed by atoms with E-state index in [1.54, 1.807) is 12.1 Å². The molecule has 4 nitrogen and oxygen atoms in total. The maximum Gasteiger partial charge on any atom is 0.264 e. The number of benzene rings is 1. The van der Waals surface area contributed by atoms with Crippen LogP contribution in [0.1, 0.15) is 5.56 Å². The Bertz CT molecular complexity index is 514. The van der Waals surface area contributed by atoms with Gasteiger partial charge in [0, 0.05) is 10.6 Å². The molecule has 0 radical (unpaired) electrons. The van der Waals surface area contributed by atoms with E-state index in [9.17, 15) is 9.90 Å². The summed E-state index contributed by atoms with van der Waals surface area (Å²) in [5.41, 5.74) is 0.458. The number of nitrogens with one attached hydrogen (secondary N) is 2. The minimum absolute atomic E-state index is 0.0451. The zero-order valence-corrected chi connectivity index (χ0v) is 9.52. The number of aromatic hydroxyl groups is 1. The molecule has 3 N–H and O–H groups in total. The number of carbonyl (C=O) groups is 1. The fraction of sp³-hybridized carbons (Fsp3) is 0. The van der Waals surface area contributed by atoms with Crippen LogP contribution in [0.4, 0.5) is 0 Å². The maximum atomic E-state index is 11.3. The highest BCUT2D eigenvalue weighted by atomic mass is 35.5. The van der Waals surface area contributed by atoms with Crippen molar-refractivity contribution in [1.29, 1.82) is 5.41 Å². The highest BCUT2D eigenvalue weighted by Gasteiger charge is 2.22. The minimum atomic E-state index is -0.339. The zero-order valence-electron chi connectivity index (χ0n) is 7.95. The predicted molar refractivity (Wildman–Crippen MR) is 64.6 cm³/mol. The molecule has 6 heteroatoms. The van der Waals surface area contributed by atoms with Crippen LogP contribution in [0, 0.1) is 5.41 Å². The fourth-order valence-electron chi connectivity index (χ4n) is 1.22. The number of thioether (sulfide) groups is 1. The molecule has 2 rings (SSSR count). The summed E-state index contributed by atoms with van der Waals surface area (Å²) in [4.78, 5) is 11.7. The summed E-state index contributed by atoms with van der Waals surface area (Å²) in [5, 5.41) is 19.7. The largest absolute Gasteiger partial charge is 0.507 e. The topological polar surface area (TPSA) is 73.2 Å². The average Bonchev–Trinajstić information content (AvgIpc) is 2.51. The number of phenols is 1. The van der Waals surface area contributed by atoms with E-state index in [1.807, 2.05) is 0 Å². The molecule has 0 aliphatic carbocycles. The van der Waals surface area contributed by atoms with Gasteiger partial charge in [-0.1, -0.05) is 11.6 Å². The van der Waals surface area contributed by atoms with Gasteiger partial charge in [-0.3, -0.25) is 10.2 Å². The third kappa shape index (κ3) is 2.20. The molecule has 1 amide bonds. The Morgan fingerprint density at radius 1 is 1.50 bits per heavy atom. The zero-order chi connectivity index (χ0) is 11.7. The first kappa shape index (κ1) is 11.0. The Kier molecular flexibility index (Phi) is 2.89. The molecule has 0 unspecified atom stereocenters. The molecule has 0 spiro atoms. The van der Waals surface area contributed by atoms with Crippen LogP contribution < -0.4 is 5.32 Å². The number of phenolic OH excluding ortho intramolecular Hbond substituents is 1. The number of hydrogen-bond donors (Lipinski definition) is 3. The van der Waals surface area contributed by atoms with Crippen molar-refractivity contribution in [3.63, 3.8) is 0 Å². The number of amides is 1. The smallest absolute Gasteiger partial charge is 0.264 e. The van der Waals surface area contributed by atoms with E-state index in [4.69, 9.17) is 17.0 Å². The van der Waals surface area contributed by atoms with Gasteiger partial charge in [-0.25, -0.2) is 0 Å². The number of rotatable bonds is 1. The van der Waals surface area contributed by atoms with Crippen molar-refractivity contribution in [2.24, 2.45) is 0 Å². The van der Waals surface area contributed by atoms with Gasteiger partial charge in [0.15, 0.2) is 5.17 Å². The summed E-state index contributed by atoms with van der Waals surface area (Å²) >= 11 is 6.79. The van der Waals surface area contributed by atoms with Crippen molar-refractivity contribution in [2.75, 3.05) is 0 Å². The van der Waals surface area contributed by atoms with E-state index < -0.39 is 0 Å². The molecular formula is C10H7ClN2O2S. The van der Waals surface area contributed by atoms with Crippen molar-refractivity contribution in [1.82, 2.24) is 5.32 Å². The summed E-state index contributed by atoms with van der Waals surface area (Å²) in [6.45, 7) is 0. The van der Waals surface area contributed by atoms with Crippen LogP contribution in [0.15, 0.2) is 23.1 Å². The standard InChI is InChI=1S/C10H7ClN2O2S/c11-6-1-2-7(14)5(3-6)4-8-9(15)13-10(12)16-8/h1-4,14H,(H2,12,13,15). The Hall–Kier alpha value is -1.46. The van der Waals surface area contributed by atoms with Crippen LogP contribution in [0.5, 0.6) is 5.75 Å². The van der Waals surface area contributed by atoms with Crippen molar-refractivity contribution >= 4 is 40.5 Å². The molecule has 1 aromatic carbocycles. The third-order valence-corrected chi connectivity index (χ3v) is 3.00. The quantitative estimate of drug-likeness (QED) is 0.673. The van der Waals surface area contributed by atoms with E-state index in [0.29, 0.717) is 15.5 Å². The van der Waals surface area contributed by atoms with Crippen LogP contribution in [0.2, 0.25) is 5.02 Å². The molecule has 1 saturated heterocycles. The molecule has 82 valence electrons. The third-order valence-electron chi connectivity index (χ3n) is 1.94. The van der Waals surface area contributed by atoms with Crippen LogP contribution in [-0.2, 0) is 4.79 Å². The second-order valence-electron chi connectivity index (χ2n) is 3.10. The average molecular weight is 255 g/mol. The highest BCUT2D eigenvalue weighted by molar-refractivity contribution is 8.18. The normalized spacial score (nSPS) is 17.9. The van der Waals surface area contributed by atoms with E-state index >= 15 is 0 Å². The molecule has 1 heterocycles. The van der Waals surface area contributed by atoms with Crippen molar-refractivity contribution in [3.05, 3.63) is 33.7 Å². The fourth-order valence-corrected chi connectivity index (χ4v) is 2.10. The molecule has 0 saturated carbocycles. The first-order valence-corrected chi connectivity index (χ1v) is 5.53. The first-order chi connectivity index (χ1) is 7.56. The van der Waals surface area contributed by atoms with E-state index in [0.717, 1.165) is 11.8 Å². The highest BCUT2D eigenvalue weighted by Crippen LogP contribution is 2.29. The van der Waals surface area contributed by atoms with E-state index in [-0.39, 0.29) is 16.8 Å². The maximum absolute atomic E-state index is 11.3. The number of carbonyl (C=O) groups excluding carboxylic acids is 1. The van der Waals surface area contributed by atoms with Gasteiger partial charge in [0.05, 0.1) is 4.91 Å². The second kappa shape index (κ2) is 4.19. The van der Waals surface area contributed by atoms with Gasteiger partial charge in [-0.05, 0) is 36.0 Å². The lowest BCUT2D eigenvalue weighted by Crippen LogP contribution is -2.18. The molecule has 1 fully saturated rings. The van der Waals surface area contributed by atoms with E-state index in [2.05, 4.69) is 5.32 Å². The first-order valence-electron chi connectivity index (χ1n) is 4.34. The summed E-state index contributed by atoms with van der Waals surface area (Å²) in [7, 11) is 0. The Balaban J connectivity index is 2.39. The molecule has 1 aliphatic rings. The molecule has 1 aromatic rings. The lowest BCUT2D eigenvalue weighted by molar-refractivity contribution is -0.115. The molecule has 0 aromatic heterocycles. The monoisotopic (exact) mass is 254 g/mol. The summed E-state index contributed by atoms with van der Waals surface area (Å²) in [6, 6.07) is 4.57. The molecule has 1 aliphatic heterocycles. The van der Waals surface area contributed by atoms with Gasteiger partial charge < -0.3 is 10.4 Å². The van der Waals surface area contributed by atoms with Crippen molar-refractivity contribution in [2.45, 2.75) is 0 Å². The number of hydrogen-bond acceptors (Lipinski definition) is 4. The summed E-state index contributed by atoms with van der Waals surface area (Å²) in [5.74, 6) is -0.293. The predicted octanol–water partition coefficient (Wildman–Crippen LogP) is 2.18.